The first-order chi connectivity index (χ1) is 6.50. The largest absolute Gasteiger partial charge is 0.368 e. The molecule has 0 unspecified atom stereocenters. The molecule has 2 N–H and O–H groups in total. The van der Waals surface area contributed by atoms with Crippen LogP contribution in [0.25, 0.3) is 0 Å². The highest BCUT2D eigenvalue weighted by atomic mass is 19.1. The third kappa shape index (κ3) is 2.45. The van der Waals surface area contributed by atoms with E-state index in [0.29, 0.717) is 5.56 Å². The van der Waals surface area contributed by atoms with Gasteiger partial charge in [0.15, 0.2) is 0 Å². The maximum absolute atomic E-state index is 12.9. The van der Waals surface area contributed by atoms with Gasteiger partial charge in [0.25, 0.3) is 0 Å². The molecule has 0 aliphatic rings. The average molecular weight is 196 g/mol. The highest BCUT2D eigenvalue weighted by molar-refractivity contribution is 5.79. The van der Waals surface area contributed by atoms with Gasteiger partial charge in [0, 0.05) is 12.7 Å². The number of carbonyl (C=O) groups excluding carboxylic acids is 1. The molecular weight excluding hydrogens is 183 g/mol. The molecule has 14 heavy (non-hydrogen) atoms. The molecule has 1 aromatic rings. The minimum Gasteiger partial charge on any atom is -0.368 e. The fraction of sp³-hybridized carbons (Fsp3) is 0.300. The summed E-state index contributed by atoms with van der Waals surface area (Å²) < 4.78 is 12.9. The molecule has 0 radical (unpaired) electrons. The van der Waals surface area contributed by atoms with E-state index >= 15 is 0 Å². The number of amides is 1. The second kappa shape index (κ2) is 4.09. The Hall–Kier alpha value is -1.58. The standard InChI is InChI=1S/C10H13FN2O/c1-7-5-8(3-4-9(7)11)13(2)6-10(12)14/h3-5H,6H2,1-2H3,(H2,12,14). The molecule has 1 aromatic carbocycles. The molecule has 1 amide bonds. The molecule has 0 saturated heterocycles. The van der Waals surface area contributed by atoms with Crippen molar-refractivity contribution in [2.75, 3.05) is 18.5 Å². The number of benzene rings is 1. The zero-order valence-corrected chi connectivity index (χ0v) is 8.25. The van der Waals surface area contributed by atoms with E-state index in [-0.39, 0.29) is 12.4 Å². The van der Waals surface area contributed by atoms with E-state index in [0.717, 1.165) is 5.69 Å². The topological polar surface area (TPSA) is 46.3 Å². The van der Waals surface area contributed by atoms with Gasteiger partial charge in [-0.15, -0.1) is 0 Å². The zero-order chi connectivity index (χ0) is 10.7. The van der Waals surface area contributed by atoms with Crippen molar-refractivity contribution in [3.05, 3.63) is 29.6 Å². The Kier molecular flexibility index (Phi) is 3.06. The van der Waals surface area contributed by atoms with Crippen molar-refractivity contribution in [1.29, 1.82) is 0 Å². The third-order valence-corrected chi connectivity index (χ3v) is 1.98. The number of hydrogen-bond acceptors (Lipinski definition) is 2. The summed E-state index contributed by atoms with van der Waals surface area (Å²) in [6, 6.07) is 4.67. The molecule has 0 saturated carbocycles. The Bertz CT molecular complexity index is 352. The lowest BCUT2D eigenvalue weighted by Gasteiger charge is -2.17. The highest BCUT2D eigenvalue weighted by Crippen LogP contribution is 2.16. The third-order valence-electron chi connectivity index (χ3n) is 1.98. The van der Waals surface area contributed by atoms with Crippen LogP contribution < -0.4 is 10.6 Å². The van der Waals surface area contributed by atoms with E-state index in [1.165, 1.54) is 6.07 Å². The quantitative estimate of drug-likeness (QED) is 0.785. The number of nitrogens with two attached hydrogens (primary N) is 1. The Morgan fingerprint density at radius 3 is 2.71 bits per heavy atom. The average Bonchev–Trinajstić information content (AvgIpc) is 2.08. The zero-order valence-electron chi connectivity index (χ0n) is 8.25. The molecule has 0 heterocycles. The van der Waals surface area contributed by atoms with Crippen molar-refractivity contribution in [2.45, 2.75) is 6.92 Å². The van der Waals surface area contributed by atoms with Crippen LogP contribution in [0.2, 0.25) is 0 Å². The van der Waals surface area contributed by atoms with Crippen LogP contribution in [0.5, 0.6) is 0 Å². The van der Waals surface area contributed by atoms with Gasteiger partial charge in [0.2, 0.25) is 5.91 Å². The van der Waals surface area contributed by atoms with Gasteiger partial charge in [-0.3, -0.25) is 4.79 Å². The molecule has 0 spiro atoms. The number of likely N-dealkylation sites (N-methyl/N-ethyl adjacent to an activating group) is 1. The van der Waals surface area contributed by atoms with Crippen molar-refractivity contribution in [2.24, 2.45) is 5.73 Å². The predicted octanol–water partition coefficient (Wildman–Crippen LogP) is 1.06. The smallest absolute Gasteiger partial charge is 0.236 e. The lowest BCUT2D eigenvalue weighted by molar-refractivity contribution is -0.116. The first-order valence-electron chi connectivity index (χ1n) is 4.26. The van der Waals surface area contributed by atoms with Gasteiger partial charge in [0.05, 0.1) is 6.54 Å². The minimum absolute atomic E-state index is 0.130. The normalized spacial score (nSPS) is 9.93. The van der Waals surface area contributed by atoms with E-state index < -0.39 is 5.91 Å². The van der Waals surface area contributed by atoms with Gasteiger partial charge in [-0.2, -0.15) is 0 Å². The Labute approximate surface area is 82.3 Å². The van der Waals surface area contributed by atoms with Crippen molar-refractivity contribution in [1.82, 2.24) is 0 Å². The summed E-state index contributed by atoms with van der Waals surface area (Å²) in [6.07, 6.45) is 0. The van der Waals surface area contributed by atoms with Crippen LogP contribution in [0.15, 0.2) is 18.2 Å². The SMILES string of the molecule is Cc1cc(N(C)CC(N)=O)ccc1F. The number of hydrogen-bond donors (Lipinski definition) is 1. The van der Waals surface area contributed by atoms with Crippen LogP contribution in [0.3, 0.4) is 0 Å². The molecule has 0 aliphatic heterocycles. The predicted molar refractivity (Wildman–Crippen MR) is 53.6 cm³/mol. The maximum atomic E-state index is 12.9. The molecule has 76 valence electrons. The van der Waals surface area contributed by atoms with Gasteiger partial charge >= 0.3 is 0 Å². The number of primary amides is 1. The van der Waals surface area contributed by atoms with Crippen LogP contribution in [-0.4, -0.2) is 19.5 Å². The Balaban J connectivity index is 2.85. The summed E-state index contributed by atoms with van der Waals surface area (Å²) >= 11 is 0. The van der Waals surface area contributed by atoms with Crippen LogP contribution >= 0.6 is 0 Å². The van der Waals surface area contributed by atoms with E-state index in [4.69, 9.17) is 5.73 Å². The number of rotatable bonds is 3. The number of halogens is 1. The van der Waals surface area contributed by atoms with Crippen LogP contribution in [0, 0.1) is 12.7 Å². The van der Waals surface area contributed by atoms with Crippen molar-refractivity contribution in [3.63, 3.8) is 0 Å². The van der Waals surface area contributed by atoms with Gasteiger partial charge < -0.3 is 10.6 Å². The fourth-order valence-corrected chi connectivity index (χ4v) is 1.19. The highest BCUT2D eigenvalue weighted by Gasteiger charge is 2.05. The molecule has 0 bridgehead atoms. The summed E-state index contributed by atoms with van der Waals surface area (Å²) in [7, 11) is 1.73. The van der Waals surface area contributed by atoms with Gasteiger partial charge in [-0.25, -0.2) is 4.39 Å². The van der Waals surface area contributed by atoms with E-state index in [2.05, 4.69) is 0 Å². The first kappa shape index (κ1) is 10.5. The first-order valence-corrected chi connectivity index (χ1v) is 4.26. The minimum atomic E-state index is -0.408. The van der Waals surface area contributed by atoms with Crippen molar-refractivity contribution in [3.8, 4) is 0 Å². The second-order valence-corrected chi connectivity index (χ2v) is 3.26. The maximum Gasteiger partial charge on any atom is 0.236 e. The number of nitrogens with zero attached hydrogens (tertiary/aromatic N) is 1. The monoisotopic (exact) mass is 196 g/mol. The molecular formula is C10H13FN2O. The molecule has 0 atom stereocenters. The van der Waals surface area contributed by atoms with Gasteiger partial charge in [-0.05, 0) is 30.7 Å². The van der Waals surface area contributed by atoms with E-state index in [1.54, 1.807) is 31.0 Å². The lowest BCUT2D eigenvalue weighted by atomic mass is 10.2. The van der Waals surface area contributed by atoms with E-state index in [9.17, 15) is 9.18 Å². The van der Waals surface area contributed by atoms with Crippen LogP contribution in [-0.2, 0) is 4.79 Å². The number of aryl methyl sites for hydroxylation is 1. The molecule has 1 rings (SSSR count). The molecule has 4 heteroatoms. The van der Waals surface area contributed by atoms with Crippen molar-refractivity contribution < 1.29 is 9.18 Å². The van der Waals surface area contributed by atoms with Crippen molar-refractivity contribution >= 4 is 11.6 Å². The second-order valence-electron chi connectivity index (χ2n) is 3.26. The van der Waals surface area contributed by atoms with E-state index in [1.807, 2.05) is 0 Å². The Morgan fingerprint density at radius 1 is 1.57 bits per heavy atom. The summed E-state index contributed by atoms with van der Waals surface area (Å²) in [5.74, 6) is -0.657. The summed E-state index contributed by atoms with van der Waals surface area (Å²) in [5.41, 5.74) is 6.38. The molecule has 0 aromatic heterocycles. The number of anilines is 1. The molecule has 3 nitrogen and oxygen atoms in total. The summed E-state index contributed by atoms with van der Waals surface area (Å²) in [6.45, 7) is 1.81. The number of carbonyl (C=O) groups is 1. The Morgan fingerprint density at radius 2 is 2.21 bits per heavy atom. The summed E-state index contributed by atoms with van der Waals surface area (Å²) in [4.78, 5) is 12.3. The lowest BCUT2D eigenvalue weighted by Crippen LogP contribution is -2.30. The van der Waals surface area contributed by atoms with Gasteiger partial charge in [-0.1, -0.05) is 0 Å². The summed E-state index contributed by atoms with van der Waals surface area (Å²) in [5, 5.41) is 0. The fourth-order valence-electron chi connectivity index (χ4n) is 1.19. The van der Waals surface area contributed by atoms with Crippen LogP contribution in [0.4, 0.5) is 10.1 Å². The molecule has 0 aliphatic carbocycles. The molecule has 0 fully saturated rings. The van der Waals surface area contributed by atoms with Gasteiger partial charge in [0.1, 0.15) is 5.82 Å². The van der Waals surface area contributed by atoms with Crippen LogP contribution in [0.1, 0.15) is 5.56 Å².